The normalized spacial score (nSPS) is 38.5. The molecule has 16 heavy (non-hydrogen) atoms. The van der Waals surface area contributed by atoms with Gasteiger partial charge in [-0.2, -0.15) is 0 Å². The highest BCUT2D eigenvalue weighted by molar-refractivity contribution is 5.83. The fourth-order valence-electron chi connectivity index (χ4n) is 2.56. The molecule has 1 saturated heterocycles. The van der Waals surface area contributed by atoms with Gasteiger partial charge in [-0.15, -0.1) is 0 Å². The van der Waals surface area contributed by atoms with Gasteiger partial charge in [0.25, 0.3) is 0 Å². The molecule has 4 heteroatoms. The van der Waals surface area contributed by atoms with Crippen molar-refractivity contribution in [1.29, 1.82) is 0 Å². The quantitative estimate of drug-likeness (QED) is 0.684. The fraction of sp³-hybridized carbons (Fsp3) is 0.917. The van der Waals surface area contributed by atoms with E-state index in [9.17, 15) is 4.79 Å². The first-order chi connectivity index (χ1) is 7.33. The van der Waals surface area contributed by atoms with Gasteiger partial charge in [0.05, 0.1) is 6.10 Å². The van der Waals surface area contributed by atoms with Gasteiger partial charge in [0.1, 0.15) is 11.1 Å². The molecule has 1 aliphatic heterocycles. The Bertz CT molecular complexity index is 297. The molecule has 92 valence electrons. The zero-order chi connectivity index (χ0) is 12.0. The van der Waals surface area contributed by atoms with Crippen molar-refractivity contribution >= 4 is 5.97 Å². The summed E-state index contributed by atoms with van der Waals surface area (Å²) in [6.07, 6.45) is 2.74. The monoisotopic (exact) mass is 227 g/mol. The number of rotatable bonds is 1. The topological polar surface area (TPSA) is 61.5 Å². The van der Waals surface area contributed by atoms with E-state index in [2.05, 4.69) is 0 Å². The van der Waals surface area contributed by atoms with E-state index in [0.29, 0.717) is 6.42 Å². The van der Waals surface area contributed by atoms with Crippen LogP contribution in [0.25, 0.3) is 0 Å². The molecule has 0 bridgehead atoms. The van der Waals surface area contributed by atoms with Gasteiger partial charge in [-0.25, -0.2) is 0 Å². The molecule has 0 aromatic rings. The third-order valence-corrected chi connectivity index (χ3v) is 3.42. The Morgan fingerprint density at radius 3 is 2.75 bits per heavy atom. The fourth-order valence-corrected chi connectivity index (χ4v) is 2.56. The molecule has 2 fully saturated rings. The third kappa shape index (κ3) is 1.96. The lowest BCUT2D eigenvalue weighted by Gasteiger charge is -2.53. The highest BCUT2D eigenvalue weighted by atomic mass is 16.6. The molecule has 0 unspecified atom stereocenters. The van der Waals surface area contributed by atoms with Crippen LogP contribution in [0.2, 0.25) is 0 Å². The van der Waals surface area contributed by atoms with Gasteiger partial charge in [-0.3, -0.25) is 4.79 Å². The molecule has 1 saturated carbocycles. The molecule has 2 rings (SSSR count). The third-order valence-electron chi connectivity index (χ3n) is 3.42. The summed E-state index contributed by atoms with van der Waals surface area (Å²) in [6.45, 7) is 6.39. The zero-order valence-electron chi connectivity index (χ0n) is 10.3. The Kier molecular flexibility index (Phi) is 2.75. The average Bonchev–Trinajstić information content (AvgIpc) is 2.13. The van der Waals surface area contributed by atoms with Gasteiger partial charge in [0.2, 0.25) is 0 Å². The molecule has 2 aliphatic rings. The maximum Gasteiger partial charge on any atom is 0.327 e. The second-order valence-corrected chi connectivity index (χ2v) is 5.90. The molecule has 0 amide bonds. The predicted octanol–water partition coefficient (Wildman–Crippen LogP) is 1.22. The van der Waals surface area contributed by atoms with Crippen LogP contribution < -0.4 is 5.73 Å². The minimum absolute atomic E-state index is 0.149. The molecular weight excluding hydrogens is 206 g/mol. The smallest absolute Gasteiger partial charge is 0.327 e. The molecule has 1 aliphatic carbocycles. The van der Waals surface area contributed by atoms with Gasteiger partial charge < -0.3 is 15.2 Å². The summed E-state index contributed by atoms with van der Waals surface area (Å²) in [6, 6.07) is 0. The van der Waals surface area contributed by atoms with Crippen LogP contribution >= 0.6 is 0 Å². The SMILES string of the molecule is CC(C)(C)OC(=O)[C@@]1(N)C[C@@H]2OCCC[C@@H]21. The average molecular weight is 227 g/mol. The maximum absolute atomic E-state index is 12.0. The van der Waals surface area contributed by atoms with Gasteiger partial charge in [0.15, 0.2) is 0 Å². The summed E-state index contributed by atoms with van der Waals surface area (Å²) >= 11 is 0. The lowest BCUT2D eigenvalue weighted by atomic mass is 9.62. The van der Waals surface area contributed by atoms with E-state index in [1.807, 2.05) is 20.8 Å². The maximum atomic E-state index is 12.0. The van der Waals surface area contributed by atoms with Crippen molar-refractivity contribution < 1.29 is 14.3 Å². The molecule has 1 heterocycles. The molecule has 0 aromatic heterocycles. The van der Waals surface area contributed by atoms with Gasteiger partial charge in [-0.05, 0) is 33.6 Å². The predicted molar refractivity (Wildman–Crippen MR) is 59.8 cm³/mol. The van der Waals surface area contributed by atoms with E-state index >= 15 is 0 Å². The van der Waals surface area contributed by atoms with E-state index in [1.165, 1.54) is 0 Å². The highest BCUT2D eigenvalue weighted by Gasteiger charge is 2.59. The summed E-state index contributed by atoms with van der Waals surface area (Å²) in [5, 5.41) is 0. The number of hydrogen-bond donors (Lipinski definition) is 1. The highest BCUT2D eigenvalue weighted by Crippen LogP contribution is 2.45. The Balaban J connectivity index is 2.01. The van der Waals surface area contributed by atoms with Crippen LogP contribution in [0, 0.1) is 5.92 Å². The summed E-state index contributed by atoms with van der Waals surface area (Å²) in [7, 11) is 0. The van der Waals surface area contributed by atoms with Gasteiger partial charge in [0, 0.05) is 18.9 Å². The molecule has 0 aromatic carbocycles. The first kappa shape index (κ1) is 11.9. The zero-order valence-corrected chi connectivity index (χ0v) is 10.3. The van der Waals surface area contributed by atoms with Crippen molar-refractivity contribution in [3.8, 4) is 0 Å². The van der Waals surface area contributed by atoms with Crippen LogP contribution in [0.15, 0.2) is 0 Å². The van der Waals surface area contributed by atoms with Crippen molar-refractivity contribution in [3.05, 3.63) is 0 Å². The molecule has 4 nitrogen and oxygen atoms in total. The Morgan fingerprint density at radius 1 is 1.50 bits per heavy atom. The molecular formula is C12H21NO3. The summed E-state index contributed by atoms with van der Waals surface area (Å²) in [5.74, 6) is -0.122. The summed E-state index contributed by atoms with van der Waals surface area (Å²) in [4.78, 5) is 12.0. The van der Waals surface area contributed by atoms with Crippen molar-refractivity contribution in [1.82, 2.24) is 0 Å². The Morgan fingerprint density at radius 2 is 2.19 bits per heavy atom. The molecule has 2 N–H and O–H groups in total. The van der Waals surface area contributed by atoms with Crippen molar-refractivity contribution in [2.45, 2.75) is 57.3 Å². The lowest BCUT2D eigenvalue weighted by Crippen LogP contribution is -2.70. The summed E-state index contributed by atoms with van der Waals surface area (Å²) in [5.41, 5.74) is 4.88. The van der Waals surface area contributed by atoms with E-state index in [4.69, 9.17) is 15.2 Å². The Hall–Kier alpha value is -0.610. The second-order valence-electron chi connectivity index (χ2n) is 5.90. The van der Waals surface area contributed by atoms with Crippen molar-refractivity contribution in [3.63, 3.8) is 0 Å². The number of hydrogen-bond acceptors (Lipinski definition) is 4. The standard InChI is InChI=1S/C12H21NO3/c1-11(2,3)16-10(14)12(13)7-9-8(12)5-4-6-15-9/h8-9H,4-7,13H2,1-3H3/t8-,9-,12+/m0/s1. The van der Waals surface area contributed by atoms with Crippen LogP contribution in [-0.2, 0) is 14.3 Å². The van der Waals surface area contributed by atoms with Gasteiger partial charge >= 0.3 is 5.97 Å². The van der Waals surface area contributed by atoms with Crippen LogP contribution in [0.4, 0.5) is 0 Å². The number of ether oxygens (including phenoxy) is 2. The molecule has 3 atom stereocenters. The summed E-state index contributed by atoms with van der Waals surface area (Å²) < 4.78 is 10.9. The largest absolute Gasteiger partial charge is 0.459 e. The molecule has 0 radical (unpaired) electrons. The van der Waals surface area contributed by atoms with Crippen LogP contribution in [0.3, 0.4) is 0 Å². The van der Waals surface area contributed by atoms with Crippen LogP contribution in [0.5, 0.6) is 0 Å². The minimum Gasteiger partial charge on any atom is -0.459 e. The van der Waals surface area contributed by atoms with E-state index in [0.717, 1.165) is 19.4 Å². The second kappa shape index (κ2) is 3.70. The number of nitrogens with two attached hydrogens (primary N) is 1. The van der Waals surface area contributed by atoms with Crippen LogP contribution in [0.1, 0.15) is 40.0 Å². The van der Waals surface area contributed by atoms with Gasteiger partial charge in [-0.1, -0.05) is 0 Å². The minimum atomic E-state index is -0.807. The van der Waals surface area contributed by atoms with Crippen LogP contribution in [-0.4, -0.2) is 29.8 Å². The van der Waals surface area contributed by atoms with E-state index in [-0.39, 0.29) is 18.0 Å². The molecule has 0 spiro atoms. The van der Waals surface area contributed by atoms with Crippen molar-refractivity contribution in [2.75, 3.05) is 6.61 Å². The first-order valence-electron chi connectivity index (χ1n) is 5.97. The number of carbonyl (C=O) groups excluding carboxylic acids is 1. The Labute approximate surface area is 96.5 Å². The van der Waals surface area contributed by atoms with E-state index in [1.54, 1.807) is 0 Å². The van der Waals surface area contributed by atoms with Crippen molar-refractivity contribution in [2.24, 2.45) is 11.7 Å². The number of esters is 1. The lowest BCUT2D eigenvalue weighted by molar-refractivity contribution is -0.190. The van der Waals surface area contributed by atoms with E-state index < -0.39 is 11.1 Å². The number of carbonyl (C=O) groups is 1. The number of fused-ring (bicyclic) bond motifs is 1. The first-order valence-corrected chi connectivity index (χ1v) is 5.97.